The first kappa shape index (κ1) is 16.7. The lowest BCUT2D eigenvalue weighted by Crippen LogP contribution is -2.53. The summed E-state index contributed by atoms with van der Waals surface area (Å²) in [5.41, 5.74) is 0.889. The van der Waals surface area contributed by atoms with Crippen LogP contribution in [-0.2, 0) is 17.8 Å². The lowest BCUT2D eigenvalue weighted by molar-refractivity contribution is -0.127. The van der Waals surface area contributed by atoms with Crippen LogP contribution in [0.3, 0.4) is 0 Å². The van der Waals surface area contributed by atoms with E-state index in [9.17, 15) is 4.79 Å². The number of carbonyl (C=O) groups excluding carboxylic acids is 1. The molecule has 128 valence electrons. The molecule has 2 heterocycles. The van der Waals surface area contributed by atoms with Crippen molar-refractivity contribution in [1.29, 1.82) is 0 Å². The molecule has 1 aliphatic rings. The van der Waals surface area contributed by atoms with Gasteiger partial charge in [-0.3, -0.25) is 4.79 Å². The van der Waals surface area contributed by atoms with Crippen LogP contribution in [0, 0.1) is 0 Å². The molecule has 5 heteroatoms. The molecule has 1 aromatic heterocycles. The minimum Gasteiger partial charge on any atom is -0.354 e. The fourth-order valence-corrected chi connectivity index (χ4v) is 3.41. The number of carbonyl (C=O) groups is 1. The first-order valence-corrected chi connectivity index (χ1v) is 8.81. The molecule has 0 bridgehead atoms. The quantitative estimate of drug-likeness (QED) is 0.819. The van der Waals surface area contributed by atoms with Crippen molar-refractivity contribution in [3.63, 3.8) is 0 Å². The summed E-state index contributed by atoms with van der Waals surface area (Å²) >= 11 is 0. The molecule has 2 N–H and O–H groups in total. The number of hydrogen-bond acceptors (Lipinski definition) is 3. The minimum absolute atomic E-state index is 0.128. The summed E-state index contributed by atoms with van der Waals surface area (Å²) < 4.78 is 2.14. The Kier molecular flexibility index (Phi) is 5.30. The average molecular weight is 326 g/mol. The topological polar surface area (TPSA) is 59.0 Å². The maximum Gasteiger partial charge on any atom is 0.240 e. The molecule has 1 unspecified atom stereocenters. The van der Waals surface area contributed by atoms with Gasteiger partial charge in [0.15, 0.2) is 0 Å². The zero-order chi connectivity index (χ0) is 16.8. The van der Waals surface area contributed by atoms with Crippen molar-refractivity contribution in [2.24, 2.45) is 0 Å². The molecule has 1 fully saturated rings. The van der Waals surface area contributed by atoms with Crippen molar-refractivity contribution < 1.29 is 4.79 Å². The zero-order valence-electron chi connectivity index (χ0n) is 14.3. The van der Waals surface area contributed by atoms with Gasteiger partial charge in [-0.2, -0.15) is 0 Å². The Bertz CT molecular complexity index is 659. The van der Waals surface area contributed by atoms with Crippen LogP contribution in [0.2, 0.25) is 0 Å². The van der Waals surface area contributed by atoms with Gasteiger partial charge in [0.1, 0.15) is 5.82 Å². The first-order chi connectivity index (χ1) is 11.7. The van der Waals surface area contributed by atoms with E-state index >= 15 is 0 Å². The van der Waals surface area contributed by atoms with Gasteiger partial charge in [0, 0.05) is 31.9 Å². The summed E-state index contributed by atoms with van der Waals surface area (Å²) in [6.07, 6.45) is 7.40. The van der Waals surface area contributed by atoms with Crippen LogP contribution in [0.4, 0.5) is 0 Å². The number of rotatable bonds is 7. The second-order valence-electron chi connectivity index (χ2n) is 6.43. The largest absolute Gasteiger partial charge is 0.354 e. The predicted octanol–water partition coefficient (Wildman–Crippen LogP) is 2.12. The summed E-state index contributed by atoms with van der Waals surface area (Å²) in [5.74, 6) is 1.13. The number of aromatic nitrogens is 2. The maximum absolute atomic E-state index is 12.5. The fourth-order valence-electron chi connectivity index (χ4n) is 3.41. The molecular weight excluding hydrogens is 300 g/mol. The van der Waals surface area contributed by atoms with E-state index in [1.54, 1.807) is 0 Å². The van der Waals surface area contributed by atoms with E-state index < -0.39 is 0 Å². The van der Waals surface area contributed by atoms with Crippen molar-refractivity contribution in [3.8, 4) is 0 Å². The summed E-state index contributed by atoms with van der Waals surface area (Å²) in [4.78, 5) is 16.9. The molecule has 2 aromatic rings. The highest BCUT2D eigenvalue weighted by atomic mass is 16.2. The van der Waals surface area contributed by atoms with E-state index in [1.807, 2.05) is 30.6 Å². The Morgan fingerprint density at radius 1 is 1.38 bits per heavy atom. The monoisotopic (exact) mass is 326 g/mol. The third-order valence-electron chi connectivity index (χ3n) is 4.91. The number of nitrogens with one attached hydrogen (secondary N) is 2. The first-order valence-electron chi connectivity index (χ1n) is 8.81. The van der Waals surface area contributed by atoms with E-state index in [4.69, 9.17) is 0 Å². The van der Waals surface area contributed by atoms with Gasteiger partial charge >= 0.3 is 0 Å². The number of nitrogens with zero attached hydrogens (tertiary/aromatic N) is 2. The van der Waals surface area contributed by atoms with Gasteiger partial charge in [-0.1, -0.05) is 37.3 Å². The molecule has 3 rings (SSSR count). The molecule has 5 nitrogen and oxygen atoms in total. The SMILES string of the molecule is CCC1(C(=O)NCCc2nccn2Cc2ccccc2)CCCN1. The van der Waals surface area contributed by atoms with E-state index in [1.165, 1.54) is 5.56 Å². The summed E-state index contributed by atoms with van der Waals surface area (Å²) in [6, 6.07) is 10.3. The van der Waals surface area contributed by atoms with Gasteiger partial charge in [0.25, 0.3) is 0 Å². The second kappa shape index (κ2) is 7.62. The van der Waals surface area contributed by atoms with E-state index in [2.05, 4.69) is 39.2 Å². The minimum atomic E-state index is -0.362. The molecule has 24 heavy (non-hydrogen) atoms. The Balaban J connectivity index is 1.54. The smallest absolute Gasteiger partial charge is 0.240 e. The Morgan fingerprint density at radius 3 is 2.92 bits per heavy atom. The maximum atomic E-state index is 12.5. The molecule has 1 atom stereocenters. The van der Waals surface area contributed by atoms with Crippen molar-refractivity contribution >= 4 is 5.91 Å². The Morgan fingerprint density at radius 2 is 2.21 bits per heavy atom. The number of benzene rings is 1. The van der Waals surface area contributed by atoms with Crippen molar-refractivity contribution in [1.82, 2.24) is 20.2 Å². The van der Waals surface area contributed by atoms with Crippen molar-refractivity contribution in [3.05, 3.63) is 54.1 Å². The second-order valence-corrected chi connectivity index (χ2v) is 6.43. The predicted molar refractivity (Wildman–Crippen MR) is 94.7 cm³/mol. The molecule has 1 aliphatic heterocycles. The molecule has 0 saturated carbocycles. The van der Waals surface area contributed by atoms with E-state index in [0.29, 0.717) is 6.54 Å². The summed E-state index contributed by atoms with van der Waals surface area (Å²) in [5, 5.41) is 6.47. The van der Waals surface area contributed by atoms with Crippen LogP contribution in [0.5, 0.6) is 0 Å². The molecular formula is C19H26N4O. The van der Waals surface area contributed by atoms with Crippen LogP contribution >= 0.6 is 0 Å². The molecule has 0 spiro atoms. The number of hydrogen-bond donors (Lipinski definition) is 2. The zero-order valence-corrected chi connectivity index (χ0v) is 14.3. The lowest BCUT2D eigenvalue weighted by Gasteiger charge is -2.26. The Hall–Kier alpha value is -2.14. The van der Waals surface area contributed by atoms with E-state index in [0.717, 1.165) is 44.6 Å². The lowest BCUT2D eigenvalue weighted by atomic mass is 9.93. The summed E-state index contributed by atoms with van der Waals surface area (Å²) in [6.45, 7) is 4.44. The highest BCUT2D eigenvalue weighted by Gasteiger charge is 2.38. The molecule has 1 aromatic carbocycles. The molecule has 1 saturated heterocycles. The van der Waals surface area contributed by atoms with Gasteiger partial charge in [-0.25, -0.2) is 4.98 Å². The summed E-state index contributed by atoms with van der Waals surface area (Å²) in [7, 11) is 0. The Labute approximate surface area is 143 Å². The molecule has 1 amide bonds. The van der Waals surface area contributed by atoms with Crippen LogP contribution in [0.1, 0.15) is 37.6 Å². The highest BCUT2D eigenvalue weighted by Crippen LogP contribution is 2.22. The van der Waals surface area contributed by atoms with E-state index in [-0.39, 0.29) is 11.4 Å². The van der Waals surface area contributed by atoms with Crippen LogP contribution < -0.4 is 10.6 Å². The van der Waals surface area contributed by atoms with Gasteiger partial charge in [-0.15, -0.1) is 0 Å². The van der Waals surface area contributed by atoms with Gasteiger partial charge in [0.2, 0.25) is 5.91 Å². The number of imidazole rings is 1. The van der Waals surface area contributed by atoms with Gasteiger partial charge in [-0.05, 0) is 31.4 Å². The van der Waals surface area contributed by atoms with Gasteiger partial charge < -0.3 is 15.2 Å². The van der Waals surface area contributed by atoms with Crippen LogP contribution in [0.15, 0.2) is 42.7 Å². The third-order valence-corrected chi connectivity index (χ3v) is 4.91. The van der Waals surface area contributed by atoms with Crippen molar-refractivity contribution in [2.75, 3.05) is 13.1 Å². The molecule has 0 aliphatic carbocycles. The fraction of sp³-hybridized carbons (Fsp3) is 0.474. The van der Waals surface area contributed by atoms with Crippen LogP contribution in [-0.4, -0.2) is 34.1 Å². The van der Waals surface area contributed by atoms with Gasteiger partial charge in [0.05, 0.1) is 5.54 Å². The normalized spacial score (nSPS) is 20.2. The number of amides is 1. The van der Waals surface area contributed by atoms with Crippen LogP contribution in [0.25, 0.3) is 0 Å². The molecule has 0 radical (unpaired) electrons. The highest BCUT2D eigenvalue weighted by molar-refractivity contribution is 5.86. The standard InChI is InChI=1S/C19H26N4O/c1-2-19(10-6-11-22-19)18(24)21-12-9-17-20-13-14-23(17)15-16-7-4-3-5-8-16/h3-5,7-8,13-14,22H,2,6,9-12,15H2,1H3,(H,21,24). The third kappa shape index (κ3) is 3.67. The van der Waals surface area contributed by atoms with Crippen molar-refractivity contribution in [2.45, 2.75) is 44.7 Å². The average Bonchev–Trinajstić information content (AvgIpc) is 3.26.